The molecule has 2 fully saturated rings. The number of benzene rings is 2. The summed E-state index contributed by atoms with van der Waals surface area (Å²) >= 11 is 0. The topological polar surface area (TPSA) is 105 Å². The number of halogens is 4. The standard InChI is InChI=1S/C26H28F4N2O6/c27-25(28,37-23-13-9-21(10-14-23)31(33)34)19-5-1-17(2-6-19)18-3-7-20(8-4-18)26(29,30)38-24-15-11-22(12-16-24)32(35)36/h9-20H,1-8H2. The Hall–Kier alpha value is -3.44. The smallest absolute Gasteiger partial charge is 0.400 e. The van der Waals surface area contributed by atoms with E-state index in [1.54, 1.807) is 0 Å². The van der Waals surface area contributed by atoms with E-state index in [0.717, 1.165) is 48.5 Å². The van der Waals surface area contributed by atoms with Crippen LogP contribution in [0, 0.1) is 43.9 Å². The number of non-ortho nitro benzene ring substituents is 2. The second-order valence-electron chi connectivity index (χ2n) is 10.1. The lowest BCUT2D eigenvalue weighted by molar-refractivity contribution is -0.385. The van der Waals surface area contributed by atoms with Gasteiger partial charge < -0.3 is 9.47 Å². The second-order valence-corrected chi connectivity index (χ2v) is 10.1. The van der Waals surface area contributed by atoms with E-state index in [9.17, 15) is 37.8 Å². The van der Waals surface area contributed by atoms with Gasteiger partial charge in [-0.05, 0) is 87.5 Å². The minimum absolute atomic E-state index is 0.141. The van der Waals surface area contributed by atoms with Crippen LogP contribution in [0.2, 0.25) is 0 Å². The lowest BCUT2D eigenvalue weighted by atomic mass is 9.69. The maximum absolute atomic E-state index is 14.8. The van der Waals surface area contributed by atoms with Gasteiger partial charge in [0.2, 0.25) is 0 Å². The molecule has 0 unspecified atom stereocenters. The van der Waals surface area contributed by atoms with Gasteiger partial charge in [0.1, 0.15) is 11.5 Å². The first kappa shape index (κ1) is 27.6. The molecule has 2 aliphatic rings. The second kappa shape index (κ2) is 11.1. The summed E-state index contributed by atoms with van der Waals surface area (Å²) in [5.74, 6) is -1.93. The minimum Gasteiger partial charge on any atom is -0.432 e. The summed E-state index contributed by atoms with van der Waals surface area (Å²) < 4.78 is 68.8. The molecule has 0 atom stereocenters. The summed E-state index contributed by atoms with van der Waals surface area (Å²) in [7, 11) is 0. The molecular weight excluding hydrogens is 512 g/mol. The van der Waals surface area contributed by atoms with Crippen molar-refractivity contribution in [2.45, 2.75) is 63.6 Å². The van der Waals surface area contributed by atoms with Gasteiger partial charge in [-0.15, -0.1) is 0 Å². The molecule has 2 aliphatic carbocycles. The fraction of sp³-hybridized carbons (Fsp3) is 0.538. The molecule has 0 bridgehead atoms. The zero-order valence-electron chi connectivity index (χ0n) is 20.4. The molecule has 4 rings (SSSR count). The molecule has 0 heterocycles. The Kier molecular flexibility index (Phi) is 8.08. The monoisotopic (exact) mass is 540 g/mol. The fourth-order valence-corrected chi connectivity index (χ4v) is 5.61. The predicted octanol–water partition coefficient (Wildman–Crippen LogP) is 7.76. The van der Waals surface area contributed by atoms with Gasteiger partial charge in [0.15, 0.2) is 0 Å². The van der Waals surface area contributed by atoms with E-state index < -0.39 is 33.9 Å². The van der Waals surface area contributed by atoms with Crippen molar-refractivity contribution < 1.29 is 36.9 Å². The van der Waals surface area contributed by atoms with Crippen molar-refractivity contribution in [1.29, 1.82) is 0 Å². The van der Waals surface area contributed by atoms with Gasteiger partial charge in [0.05, 0.1) is 21.7 Å². The van der Waals surface area contributed by atoms with E-state index in [1.165, 1.54) is 0 Å². The molecule has 0 radical (unpaired) electrons. The highest BCUT2D eigenvalue weighted by Gasteiger charge is 2.47. The molecule has 0 amide bonds. The van der Waals surface area contributed by atoms with Crippen molar-refractivity contribution in [3.05, 3.63) is 68.8 Å². The Morgan fingerprint density at radius 2 is 0.868 bits per heavy atom. The van der Waals surface area contributed by atoms with Crippen molar-refractivity contribution >= 4 is 11.4 Å². The van der Waals surface area contributed by atoms with Crippen LogP contribution in [0.3, 0.4) is 0 Å². The maximum Gasteiger partial charge on any atom is 0.400 e. The molecule has 0 aromatic heterocycles. The number of alkyl halides is 4. The van der Waals surface area contributed by atoms with E-state index in [1.807, 2.05) is 0 Å². The average molecular weight is 541 g/mol. The first-order valence-corrected chi connectivity index (χ1v) is 12.6. The Bertz CT molecular complexity index is 1020. The van der Waals surface area contributed by atoms with Crippen molar-refractivity contribution in [1.82, 2.24) is 0 Å². The quantitative estimate of drug-likeness (QED) is 0.183. The van der Waals surface area contributed by atoms with Gasteiger partial charge in [0, 0.05) is 24.3 Å². The van der Waals surface area contributed by atoms with Crippen LogP contribution in [0.15, 0.2) is 48.5 Å². The SMILES string of the molecule is O=[N+]([O-])c1ccc(OC(F)(F)C2CCC(C3CCC(C(F)(F)Oc4ccc([N+](=O)[O-])cc4)CC3)CC2)cc1. The lowest BCUT2D eigenvalue weighted by Gasteiger charge is -2.40. The minimum atomic E-state index is -3.42. The van der Waals surface area contributed by atoms with E-state index in [2.05, 4.69) is 0 Å². The molecule has 38 heavy (non-hydrogen) atoms. The predicted molar refractivity (Wildman–Crippen MR) is 128 cm³/mol. The first-order chi connectivity index (χ1) is 17.9. The van der Waals surface area contributed by atoms with Crippen molar-refractivity contribution in [2.24, 2.45) is 23.7 Å². The maximum atomic E-state index is 14.8. The van der Waals surface area contributed by atoms with Crippen molar-refractivity contribution in [3.8, 4) is 11.5 Å². The summed E-state index contributed by atoms with van der Waals surface area (Å²) in [5, 5.41) is 21.5. The number of hydrogen-bond donors (Lipinski definition) is 0. The molecule has 0 saturated heterocycles. The Morgan fingerprint density at radius 1 is 0.579 bits per heavy atom. The number of nitro groups is 2. The zero-order chi connectivity index (χ0) is 27.5. The summed E-state index contributed by atoms with van der Waals surface area (Å²) in [6, 6.07) is 9.04. The average Bonchev–Trinajstić information content (AvgIpc) is 2.89. The molecule has 0 N–H and O–H groups in total. The zero-order valence-corrected chi connectivity index (χ0v) is 20.4. The number of nitro benzene ring substituents is 2. The van der Waals surface area contributed by atoms with Gasteiger partial charge >= 0.3 is 12.2 Å². The summed E-state index contributed by atoms with van der Waals surface area (Å²) in [5.41, 5.74) is -0.432. The first-order valence-electron chi connectivity index (χ1n) is 12.6. The van der Waals surface area contributed by atoms with Crippen LogP contribution in [0.25, 0.3) is 0 Å². The number of rotatable bonds is 9. The Balaban J connectivity index is 1.24. The molecule has 12 heteroatoms. The van der Waals surface area contributed by atoms with E-state index in [0.29, 0.717) is 25.7 Å². The number of ether oxygens (including phenoxy) is 2. The highest BCUT2D eigenvalue weighted by atomic mass is 19.3. The molecular formula is C26H28F4N2O6. The Morgan fingerprint density at radius 3 is 1.13 bits per heavy atom. The molecule has 2 saturated carbocycles. The van der Waals surface area contributed by atoms with Gasteiger partial charge in [-0.2, -0.15) is 17.6 Å². The van der Waals surface area contributed by atoms with Crippen LogP contribution in [-0.2, 0) is 0 Å². The van der Waals surface area contributed by atoms with E-state index in [-0.39, 0.29) is 60.4 Å². The van der Waals surface area contributed by atoms with Crippen LogP contribution in [0.1, 0.15) is 51.4 Å². The van der Waals surface area contributed by atoms with Gasteiger partial charge in [-0.1, -0.05) is 0 Å². The van der Waals surface area contributed by atoms with Crippen LogP contribution in [-0.4, -0.2) is 22.1 Å². The molecule has 0 aliphatic heterocycles. The number of nitrogens with zero attached hydrogens (tertiary/aromatic N) is 2. The van der Waals surface area contributed by atoms with Gasteiger partial charge in [-0.3, -0.25) is 20.2 Å². The summed E-state index contributed by atoms with van der Waals surface area (Å²) in [6.45, 7) is 0. The molecule has 2 aromatic rings. The third-order valence-electron chi connectivity index (χ3n) is 7.76. The van der Waals surface area contributed by atoms with Crippen LogP contribution in [0.5, 0.6) is 11.5 Å². The van der Waals surface area contributed by atoms with Crippen molar-refractivity contribution in [2.75, 3.05) is 0 Å². The summed E-state index contributed by atoms with van der Waals surface area (Å²) in [6.07, 6.45) is -3.68. The van der Waals surface area contributed by atoms with Crippen LogP contribution >= 0.6 is 0 Å². The lowest BCUT2D eigenvalue weighted by Crippen LogP contribution is -2.40. The van der Waals surface area contributed by atoms with Gasteiger partial charge in [0.25, 0.3) is 11.4 Å². The molecule has 8 nitrogen and oxygen atoms in total. The summed E-state index contributed by atoms with van der Waals surface area (Å²) in [4.78, 5) is 20.2. The van der Waals surface area contributed by atoms with E-state index >= 15 is 0 Å². The Labute approximate surface area is 216 Å². The number of hydrogen-bond acceptors (Lipinski definition) is 6. The molecule has 206 valence electrons. The van der Waals surface area contributed by atoms with Crippen LogP contribution < -0.4 is 9.47 Å². The highest BCUT2D eigenvalue weighted by Crippen LogP contribution is 2.47. The highest BCUT2D eigenvalue weighted by molar-refractivity contribution is 5.37. The fourth-order valence-electron chi connectivity index (χ4n) is 5.61. The normalized spacial score (nSPS) is 24.4. The molecule has 0 spiro atoms. The van der Waals surface area contributed by atoms with Gasteiger partial charge in [-0.25, -0.2) is 0 Å². The molecule has 2 aromatic carbocycles. The third-order valence-corrected chi connectivity index (χ3v) is 7.76. The third kappa shape index (κ3) is 6.51. The largest absolute Gasteiger partial charge is 0.432 e. The van der Waals surface area contributed by atoms with Crippen LogP contribution in [0.4, 0.5) is 28.9 Å². The van der Waals surface area contributed by atoms with E-state index in [4.69, 9.17) is 9.47 Å². The van der Waals surface area contributed by atoms with Crippen molar-refractivity contribution in [3.63, 3.8) is 0 Å².